The van der Waals surface area contributed by atoms with Crippen LogP contribution >= 0.6 is 0 Å². The Labute approximate surface area is 123 Å². The summed E-state index contributed by atoms with van der Waals surface area (Å²) in [6, 6.07) is 5.91. The van der Waals surface area contributed by atoms with Crippen molar-refractivity contribution in [1.82, 2.24) is 10.2 Å². The molecule has 1 saturated heterocycles. The predicted molar refractivity (Wildman–Crippen MR) is 77.9 cm³/mol. The number of rotatable bonds is 3. The molecule has 0 aliphatic carbocycles. The molecule has 3 rings (SSSR count). The van der Waals surface area contributed by atoms with Gasteiger partial charge in [0.05, 0.1) is 0 Å². The number of carbonyl (C=O) groups is 2. The van der Waals surface area contributed by atoms with Gasteiger partial charge in [-0.3, -0.25) is 9.59 Å². The van der Waals surface area contributed by atoms with Gasteiger partial charge in [-0.15, -0.1) is 0 Å². The molecule has 2 heterocycles. The Bertz CT molecular complexity index is 563. The lowest BCUT2D eigenvalue weighted by atomic mass is 9.93. The van der Waals surface area contributed by atoms with E-state index in [4.69, 9.17) is 5.11 Å². The van der Waals surface area contributed by atoms with Crippen molar-refractivity contribution in [3.63, 3.8) is 0 Å². The third-order valence-corrected chi connectivity index (χ3v) is 4.45. The summed E-state index contributed by atoms with van der Waals surface area (Å²) in [6.07, 6.45) is 1.78. The number of benzene rings is 1. The lowest BCUT2D eigenvalue weighted by Gasteiger charge is -2.31. The summed E-state index contributed by atoms with van der Waals surface area (Å²) in [5, 5.41) is 12.1. The highest BCUT2D eigenvalue weighted by Crippen LogP contribution is 2.23. The maximum absolute atomic E-state index is 12.5. The summed E-state index contributed by atoms with van der Waals surface area (Å²) in [5.41, 5.74) is 3.22. The van der Waals surface area contributed by atoms with Crippen molar-refractivity contribution in [1.29, 1.82) is 0 Å². The number of carbonyl (C=O) groups excluding carboxylic acids is 1. The summed E-state index contributed by atoms with van der Waals surface area (Å²) in [6.45, 7) is 3.03. The van der Waals surface area contributed by atoms with Crippen molar-refractivity contribution >= 4 is 11.9 Å². The average Bonchev–Trinajstić information content (AvgIpc) is 2.94. The molecule has 21 heavy (non-hydrogen) atoms. The van der Waals surface area contributed by atoms with Gasteiger partial charge in [-0.25, -0.2) is 0 Å². The number of carboxylic acid groups (broad SMARTS) is 1. The monoisotopic (exact) mass is 288 g/mol. The topological polar surface area (TPSA) is 69.6 Å². The van der Waals surface area contributed by atoms with Crippen LogP contribution in [0.2, 0.25) is 0 Å². The van der Waals surface area contributed by atoms with Gasteiger partial charge in [0.2, 0.25) is 0 Å². The van der Waals surface area contributed by atoms with Gasteiger partial charge in [0.25, 0.3) is 5.91 Å². The maximum Gasteiger partial charge on any atom is 0.303 e. The number of hydrogen-bond acceptors (Lipinski definition) is 3. The molecule has 5 nitrogen and oxygen atoms in total. The lowest BCUT2D eigenvalue weighted by Crippen LogP contribution is -2.38. The fraction of sp³-hybridized carbons (Fsp3) is 0.500. The Balaban J connectivity index is 1.63. The first-order chi connectivity index (χ1) is 10.1. The fourth-order valence-electron chi connectivity index (χ4n) is 3.20. The van der Waals surface area contributed by atoms with Crippen LogP contribution in [0.4, 0.5) is 0 Å². The van der Waals surface area contributed by atoms with Crippen LogP contribution in [0.5, 0.6) is 0 Å². The Morgan fingerprint density at radius 1 is 1.19 bits per heavy atom. The first-order valence-corrected chi connectivity index (χ1v) is 7.47. The number of carboxylic acids is 1. The molecule has 0 bridgehead atoms. The molecule has 1 aromatic rings. The summed E-state index contributed by atoms with van der Waals surface area (Å²) in [7, 11) is 0. The van der Waals surface area contributed by atoms with E-state index in [1.54, 1.807) is 0 Å². The Morgan fingerprint density at radius 3 is 2.62 bits per heavy atom. The number of aliphatic carboxylic acids is 1. The highest BCUT2D eigenvalue weighted by molar-refractivity contribution is 5.94. The number of piperidine rings is 1. The van der Waals surface area contributed by atoms with Crippen LogP contribution in [0.15, 0.2) is 18.2 Å². The van der Waals surface area contributed by atoms with Crippen molar-refractivity contribution in [3.05, 3.63) is 34.9 Å². The van der Waals surface area contributed by atoms with Gasteiger partial charge in [-0.2, -0.15) is 0 Å². The molecule has 5 heteroatoms. The first-order valence-electron chi connectivity index (χ1n) is 7.47. The second kappa shape index (κ2) is 5.85. The number of fused-ring (bicyclic) bond motifs is 1. The first kappa shape index (κ1) is 14.1. The maximum atomic E-state index is 12.5. The quantitative estimate of drug-likeness (QED) is 0.886. The number of likely N-dealkylation sites (tertiary alicyclic amines) is 1. The molecule has 0 unspecified atom stereocenters. The molecule has 0 spiro atoms. The SMILES string of the molecule is O=C(O)CC1CCN(C(=O)c2ccc3c(c2)CNC3)CC1. The van der Waals surface area contributed by atoms with Gasteiger partial charge in [-0.1, -0.05) is 6.07 Å². The van der Waals surface area contributed by atoms with E-state index in [-0.39, 0.29) is 18.2 Å². The van der Waals surface area contributed by atoms with Crippen LogP contribution in [0.1, 0.15) is 40.7 Å². The van der Waals surface area contributed by atoms with E-state index in [9.17, 15) is 9.59 Å². The van der Waals surface area contributed by atoms with Gasteiger partial charge in [0, 0.05) is 38.2 Å². The van der Waals surface area contributed by atoms with E-state index in [0.717, 1.165) is 31.5 Å². The third-order valence-electron chi connectivity index (χ3n) is 4.45. The Hall–Kier alpha value is -1.88. The summed E-state index contributed by atoms with van der Waals surface area (Å²) in [5.74, 6) is -0.472. The van der Waals surface area contributed by atoms with Crippen LogP contribution < -0.4 is 5.32 Å². The zero-order valence-corrected chi connectivity index (χ0v) is 12.0. The van der Waals surface area contributed by atoms with Gasteiger partial charge >= 0.3 is 5.97 Å². The van der Waals surface area contributed by atoms with Crippen LogP contribution in [0.3, 0.4) is 0 Å². The largest absolute Gasteiger partial charge is 0.481 e. The molecule has 0 saturated carbocycles. The molecule has 0 aromatic heterocycles. The predicted octanol–water partition coefficient (Wildman–Crippen LogP) is 1.62. The highest BCUT2D eigenvalue weighted by atomic mass is 16.4. The summed E-state index contributed by atoms with van der Waals surface area (Å²) in [4.78, 5) is 25.1. The fourth-order valence-corrected chi connectivity index (χ4v) is 3.20. The van der Waals surface area contributed by atoms with E-state index < -0.39 is 5.97 Å². The second-order valence-electron chi connectivity index (χ2n) is 5.92. The van der Waals surface area contributed by atoms with Gasteiger partial charge in [-0.05, 0) is 42.0 Å². The standard InChI is InChI=1S/C16H20N2O3/c19-15(20)7-11-3-5-18(6-4-11)16(21)12-1-2-13-9-17-10-14(13)8-12/h1-2,8,11,17H,3-7,9-10H2,(H,19,20). The van der Waals surface area contributed by atoms with E-state index in [1.807, 2.05) is 23.1 Å². The van der Waals surface area contributed by atoms with E-state index in [2.05, 4.69) is 5.32 Å². The minimum Gasteiger partial charge on any atom is -0.481 e. The second-order valence-corrected chi connectivity index (χ2v) is 5.92. The summed E-state index contributed by atoms with van der Waals surface area (Å²) < 4.78 is 0. The minimum absolute atomic E-state index is 0.0680. The van der Waals surface area contributed by atoms with Crippen LogP contribution in [-0.2, 0) is 17.9 Å². The number of nitrogens with zero attached hydrogens (tertiary/aromatic N) is 1. The van der Waals surface area contributed by atoms with Crippen LogP contribution in [0, 0.1) is 5.92 Å². The molecule has 0 radical (unpaired) electrons. The van der Waals surface area contributed by atoms with E-state index in [0.29, 0.717) is 13.1 Å². The van der Waals surface area contributed by atoms with E-state index >= 15 is 0 Å². The van der Waals surface area contributed by atoms with Gasteiger partial charge in [0.15, 0.2) is 0 Å². The van der Waals surface area contributed by atoms with Crippen molar-refractivity contribution in [2.24, 2.45) is 5.92 Å². The molecular formula is C16H20N2O3. The molecule has 112 valence electrons. The molecule has 2 aliphatic heterocycles. The molecule has 1 aromatic carbocycles. The smallest absolute Gasteiger partial charge is 0.303 e. The number of hydrogen-bond donors (Lipinski definition) is 2. The molecule has 1 amide bonds. The normalized spacial score (nSPS) is 18.6. The molecule has 2 aliphatic rings. The van der Waals surface area contributed by atoms with Crippen molar-refractivity contribution in [2.75, 3.05) is 13.1 Å². The van der Waals surface area contributed by atoms with Crippen LogP contribution in [0.25, 0.3) is 0 Å². The van der Waals surface area contributed by atoms with Crippen molar-refractivity contribution in [2.45, 2.75) is 32.4 Å². The molecule has 2 N–H and O–H groups in total. The number of amides is 1. The van der Waals surface area contributed by atoms with Gasteiger partial charge < -0.3 is 15.3 Å². The molecular weight excluding hydrogens is 268 g/mol. The lowest BCUT2D eigenvalue weighted by molar-refractivity contribution is -0.138. The Morgan fingerprint density at radius 2 is 1.90 bits per heavy atom. The van der Waals surface area contributed by atoms with E-state index in [1.165, 1.54) is 11.1 Å². The number of nitrogens with one attached hydrogen (secondary N) is 1. The zero-order valence-electron chi connectivity index (χ0n) is 12.0. The summed E-state index contributed by atoms with van der Waals surface area (Å²) >= 11 is 0. The average molecular weight is 288 g/mol. The molecule has 1 fully saturated rings. The highest BCUT2D eigenvalue weighted by Gasteiger charge is 2.25. The minimum atomic E-state index is -0.745. The van der Waals surface area contributed by atoms with Crippen molar-refractivity contribution in [3.8, 4) is 0 Å². The zero-order chi connectivity index (χ0) is 14.8. The van der Waals surface area contributed by atoms with Crippen molar-refractivity contribution < 1.29 is 14.7 Å². The Kier molecular flexibility index (Phi) is 3.92. The molecule has 0 atom stereocenters. The third kappa shape index (κ3) is 3.08. The van der Waals surface area contributed by atoms with Gasteiger partial charge in [0.1, 0.15) is 0 Å². The van der Waals surface area contributed by atoms with Crippen LogP contribution in [-0.4, -0.2) is 35.0 Å².